The minimum atomic E-state index is -4.11. The molecule has 0 fully saturated rings. The van der Waals surface area contributed by atoms with E-state index in [0.717, 1.165) is 15.4 Å². The normalized spacial score (nSPS) is 11.6. The number of rotatable bonds is 6. The molecular formula is C19H22N4O4S. The molecule has 9 heteroatoms. The van der Waals surface area contributed by atoms with Crippen molar-refractivity contribution in [2.24, 2.45) is 0 Å². The van der Waals surface area contributed by atoms with Gasteiger partial charge < -0.3 is 4.74 Å². The number of fused-ring (bicyclic) bond motifs is 1. The van der Waals surface area contributed by atoms with Crippen molar-refractivity contribution in [2.45, 2.75) is 32.1 Å². The van der Waals surface area contributed by atoms with Gasteiger partial charge in [-0.1, -0.05) is 13.0 Å². The summed E-state index contributed by atoms with van der Waals surface area (Å²) in [4.78, 5) is 12.0. The minimum absolute atomic E-state index is 0.0229. The Morgan fingerprint density at radius 1 is 1.18 bits per heavy atom. The largest absolute Gasteiger partial charge is 0.468 e. The maximum atomic E-state index is 13.6. The predicted molar refractivity (Wildman–Crippen MR) is 105 cm³/mol. The molecule has 0 amide bonds. The molecule has 3 aromatic rings. The fourth-order valence-electron chi connectivity index (χ4n) is 3.09. The molecule has 2 heterocycles. The molecule has 0 spiro atoms. The Morgan fingerprint density at radius 2 is 1.86 bits per heavy atom. The first-order chi connectivity index (χ1) is 13.3. The van der Waals surface area contributed by atoms with Crippen LogP contribution in [0.15, 0.2) is 41.4 Å². The molecule has 3 rings (SSSR count). The number of anilines is 1. The van der Waals surface area contributed by atoms with Crippen LogP contribution in [0.25, 0.3) is 5.65 Å². The van der Waals surface area contributed by atoms with Crippen molar-refractivity contribution in [1.82, 2.24) is 14.6 Å². The van der Waals surface area contributed by atoms with Crippen LogP contribution < -0.4 is 4.31 Å². The van der Waals surface area contributed by atoms with Crippen LogP contribution in [0.2, 0.25) is 0 Å². The highest BCUT2D eigenvalue weighted by molar-refractivity contribution is 7.93. The fraction of sp³-hybridized carbons (Fsp3) is 0.316. The molecule has 0 bridgehead atoms. The molecule has 148 valence electrons. The molecule has 0 atom stereocenters. The second-order valence-corrected chi connectivity index (χ2v) is 8.30. The number of sulfonamides is 1. The van der Waals surface area contributed by atoms with Gasteiger partial charge in [0, 0.05) is 12.6 Å². The standard InChI is InChI=1S/C19H22N4O4S/c1-5-17-20-21-19-16(7-6-8-22(17)19)28(25,26)23(12-18(24)27-4)15-10-13(2)9-14(3)11-15/h6-11H,5,12H2,1-4H3. The average molecular weight is 402 g/mol. The van der Waals surface area contributed by atoms with E-state index in [1.54, 1.807) is 28.8 Å². The topological polar surface area (TPSA) is 93.9 Å². The Labute approximate surface area is 163 Å². The molecular weight excluding hydrogens is 380 g/mol. The highest BCUT2D eigenvalue weighted by atomic mass is 32.2. The second-order valence-electron chi connectivity index (χ2n) is 6.47. The van der Waals surface area contributed by atoms with Crippen molar-refractivity contribution < 1.29 is 17.9 Å². The first-order valence-electron chi connectivity index (χ1n) is 8.78. The van der Waals surface area contributed by atoms with Gasteiger partial charge in [0.2, 0.25) is 0 Å². The predicted octanol–water partition coefficient (Wildman–Crippen LogP) is 2.28. The summed E-state index contributed by atoms with van der Waals surface area (Å²) in [6.45, 7) is 5.20. The summed E-state index contributed by atoms with van der Waals surface area (Å²) in [5.74, 6) is -0.0108. The second kappa shape index (κ2) is 7.59. The summed E-state index contributed by atoms with van der Waals surface area (Å²) >= 11 is 0. The molecule has 2 aromatic heterocycles. The molecule has 0 N–H and O–H groups in total. The number of esters is 1. The SMILES string of the molecule is CCc1nnc2c(S(=O)(=O)N(CC(=O)OC)c3cc(C)cc(C)c3)cccn12. The lowest BCUT2D eigenvalue weighted by Gasteiger charge is -2.24. The van der Waals surface area contributed by atoms with Crippen molar-refractivity contribution in [3.63, 3.8) is 0 Å². The van der Waals surface area contributed by atoms with Gasteiger partial charge in [0.15, 0.2) is 5.65 Å². The average Bonchev–Trinajstić information content (AvgIpc) is 3.07. The summed E-state index contributed by atoms with van der Waals surface area (Å²) in [6.07, 6.45) is 2.32. The first-order valence-corrected chi connectivity index (χ1v) is 10.2. The number of hydrogen-bond donors (Lipinski definition) is 0. The highest BCUT2D eigenvalue weighted by Gasteiger charge is 2.30. The van der Waals surface area contributed by atoms with E-state index in [1.807, 2.05) is 26.8 Å². The number of pyridine rings is 1. The number of aromatic nitrogens is 3. The number of ether oxygens (including phenoxy) is 1. The van der Waals surface area contributed by atoms with E-state index in [9.17, 15) is 13.2 Å². The Morgan fingerprint density at radius 3 is 2.46 bits per heavy atom. The van der Waals surface area contributed by atoms with Crippen LogP contribution in [0, 0.1) is 13.8 Å². The molecule has 0 saturated heterocycles. The number of hydrogen-bond acceptors (Lipinski definition) is 6. The highest BCUT2D eigenvalue weighted by Crippen LogP contribution is 2.28. The zero-order valence-corrected chi connectivity index (χ0v) is 17.0. The van der Waals surface area contributed by atoms with Gasteiger partial charge in [-0.2, -0.15) is 0 Å². The Kier molecular flexibility index (Phi) is 5.37. The number of benzene rings is 1. The number of carbonyl (C=O) groups is 1. The number of carbonyl (C=O) groups excluding carboxylic acids is 1. The van der Waals surface area contributed by atoms with Gasteiger partial charge in [-0.25, -0.2) is 8.42 Å². The third kappa shape index (κ3) is 3.57. The molecule has 0 unspecified atom stereocenters. The van der Waals surface area contributed by atoms with Gasteiger partial charge in [0.1, 0.15) is 17.3 Å². The fourth-order valence-corrected chi connectivity index (χ4v) is 4.61. The molecule has 28 heavy (non-hydrogen) atoms. The van der Waals surface area contributed by atoms with Gasteiger partial charge in [-0.05, 0) is 49.2 Å². The van der Waals surface area contributed by atoms with E-state index >= 15 is 0 Å². The quantitative estimate of drug-likeness (QED) is 0.587. The van der Waals surface area contributed by atoms with Crippen molar-refractivity contribution in [3.05, 3.63) is 53.5 Å². The van der Waals surface area contributed by atoms with Crippen LogP contribution in [0.5, 0.6) is 0 Å². The van der Waals surface area contributed by atoms with Crippen LogP contribution in [0.4, 0.5) is 5.69 Å². The van der Waals surface area contributed by atoms with Crippen molar-refractivity contribution >= 4 is 27.3 Å². The molecule has 0 saturated carbocycles. The third-order valence-electron chi connectivity index (χ3n) is 4.35. The zero-order chi connectivity index (χ0) is 20.5. The summed E-state index contributed by atoms with van der Waals surface area (Å²) < 4.78 is 34.5. The zero-order valence-electron chi connectivity index (χ0n) is 16.2. The van der Waals surface area contributed by atoms with Gasteiger partial charge in [-0.15, -0.1) is 10.2 Å². The van der Waals surface area contributed by atoms with Gasteiger partial charge in [-0.3, -0.25) is 13.5 Å². The Bertz CT molecular complexity index is 1120. The molecule has 1 aromatic carbocycles. The maximum absolute atomic E-state index is 13.6. The van der Waals surface area contributed by atoms with Crippen LogP contribution >= 0.6 is 0 Å². The van der Waals surface area contributed by atoms with E-state index in [-0.39, 0.29) is 10.5 Å². The van der Waals surface area contributed by atoms with E-state index in [1.165, 1.54) is 13.2 Å². The minimum Gasteiger partial charge on any atom is -0.468 e. The van der Waals surface area contributed by atoms with E-state index in [4.69, 9.17) is 4.74 Å². The summed E-state index contributed by atoms with van der Waals surface area (Å²) in [6, 6.07) is 8.45. The van der Waals surface area contributed by atoms with E-state index in [0.29, 0.717) is 17.9 Å². The first kappa shape index (κ1) is 19.8. The molecule has 0 aliphatic rings. The van der Waals surface area contributed by atoms with Crippen LogP contribution in [0.1, 0.15) is 23.9 Å². The Hall–Kier alpha value is -2.94. The van der Waals surface area contributed by atoms with Crippen molar-refractivity contribution in [3.8, 4) is 0 Å². The maximum Gasteiger partial charge on any atom is 0.326 e. The summed E-state index contributed by atoms with van der Waals surface area (Å²) in [5.41, 5.74) is 2.38. The number of nitrogens with zero attached hydrogens (tertiary/aromatic N) is 4. The van der Waals surface area contributed by atoms with Crippen molar-refractivity contribution in [1.29, 1.82) is 0 Å². The molecule has 0 aliphatic heterocycles. The summed E-state index contributed by atoms with van der Waals surface area (Å²) in [5, 5.41) is 8.12. The summed E-state index contributed by atoms with van der Waals surface area (Å²) in [7, 11) is -2.88. The van der Waals surface area contributed by atoms with E-state index in [2.05, 4.69) is 10.2 Å². The van der Waals surface area contributed by atoms with Crippen molar-refractivity contribution in [2.75, 3.05) is 18.0 Å². The van der Waals surface area contributed by atoms with Crippen LogP contribution in [-0.4, -0.2) is 42.6 Å². The van der Waals surface area contributed by atoms with Crippen LogP contribution in [-0.2, 0) is 26.0 Å². The lowest BCUT2D eigenvalue weighted by Crippen LogP contribution is -2.36. The van der Waals surface area contributed by atoms with Gasteiger partial charge in [0.05, 0.1) is 12.8 Å². The number of aryl methyl sites for hydroxylation is 3. The third-order valence-corrected chi connectivity index (χ3v) is 6.14. The number of methoxy groups -OCH3 is 1. The molecule has 8 nitrogen and oxygen atoms in total. The molecule has 0 radical (unpaired) electrons. The Balaban J connectivity index is 2.21. The van der Waals surface area contributed by atoms with Crippen LogP contribution in [0.3, 0.4) is 0 Å². The monoisotopic (exact) mass is 402 g/mol. The lowest BCUT2D eigenvalue weighted by atomic mass is 10.1. The lowest BCUT2D eigenvalue weighted by molar-refractivity contribution is -0.138. The van der Waals surface area contributed by atoms with Gasteiger partial charge >= 0.3 is 5.97 Å². The molecule has 0 aliphatic carbocycles. The van der Waals surface area contributed by atoms with E-state index < -0.39 is 22.5 Å². The van der Waals surface area contributed by atoms with Gasteiger partial charge in [0.25, 0.3) is 10.0 Å². The smallest absolute Gasteiger partial charge is 0.326 e.